The average molecular weight is 285 g/mol. The Bertz CT molecular complexity index is 729. The maximum Gasteiger partial charge on any atom is 0.157 e. The van der Waals surface area contributed by atoms with E-state index in [0.717, 1.165) is 35.1 Å². The average Bonchev–Trinajstić information content (AvgIpc) is 2.47. The van der Waals surface area contributed by atoms with Crippen LogP contribution in [-0.2, 0) is 13.0 Å². The van der Waals surface area contributed by atoms with Gasteiger partial charge in [-0.2, -0.15) is 0 Å². The van der Waals surface area contributed by atoms with Crippen molar-refractivity contribution in [2.45, 2.75) is 31.3 Å². The summed E-state index contributed by atoms with van der Waals surface area (Å²) in [5.74, 6) is -0.290. The Morgan fingerprint density at radius 1 is 1.00 bits per heavy atom. The van der Waals surface area contributed by atoms with E-state index in [0.29, 0.717) is 12.6 Å². The normalized spacial score (nSPS) is 23.1. The maximum atomic E-state index is 13.4. The zero-order valence-electron chi connectivity index (χ0n) is 11.4. The van der Waals surface area contributed by atoms with Gasteiger partial charge in [-0.3, -0.25) is 0 Å². The van der Waals surface area contributed by atoms with Gasteiger partial charge in [0.2, 0.25) is 0 Å². The summed E-state index contributed by atoms with van der Waals surface area (Å²) >= 11 is 0. The van der Waals surface area contributed by atoms with Crippen molar-refractivity contribution < 1.29 is 14.6 Å². The van der Waals surface area contributed by atoms with Gasteiger partial charge < -0.3 is 15.5 Å². The monoisotopic (exact) mass is 285 g/mol. The summed E-state index contributed by atoms with van der Waals surface area (Å²) in [6, 6.07) is 8.52. The van der Waals surface area contributed by atoms with E-state index in [1.165, 1.54) is 6.07 Å². The zero-order chi connectivity index (χ0) is 14.6. The SMILES string of the molecule is Oc1cc2c(cc1O)[C@H]1c3ccc(F)cc3CN[C@@H]1CC2. The summed E-state index contributed by atoms with van der Waals surface area (Å²) in [7, 11) is 0. The minimum atomic E-state index is -0.224. The van der Waals surface area contributed by atoms with Crippen LogP contribution in [0.15, 0.2) is 30.3 Å². The molecule has 21 heavy (non-hydrogen) atoms. The molecule has 0 radical (unpaired) electrons. The predicted molar refractivity (Wildman–Crippen MR) is 77.0 cm³/mol. The number of rotatable bonds is 0. The first kappa shape index (κ1) is 12.7. The van der Waals surface area contributed by atoms with E-state index >= 15 is 0 Å². The molecule has 4 heteroatoms. The van der Waals surface area contributed by atoms with Gasteiger partial charge in [-0.15, -0.1) is 0 Å². The first-order valence-corrected chi connectivity index (χ1v) is 7.20. The van der Waals surface area contributed by atoms with Crippen LogP contribution >= 0.6 is 0 Å². The minimum Gasteiger partial charge on any atom is -0.504 e. The Balaban J connectivity index is 1.91. The molecule has 0 amide bonds. The third kappa shape index (κ3) is 1.90. The number of phenolic OH excluding ortho intramolecular Hbond substituents is 2. The standard InChI is InChI=1S/C17H16FNO2/c18-11-2-3-12-10(5-11)8-19-14-4-1-9-6-15(20)16(21)7-13(9)17(12)14/h2-3,5-7,14,17,19-21H,1,4,8H2/t14-,17-/m1/s1. The lowest BCUT2D eigenvalue weighted by molar-refractivity contribution is 0.379. The number of halogens is 1. The number of benzene rings is 2. The molecule has 2 aromatic carbocycles. The predicted octanol–water partition coefficient (Wildman–Crippen LogP) is 2.79. The summed E-state index contributed by atoms with van der Waals surface area (Å²) in [6.45, 7) is 0.674. The van der Waals surface area contributed by atoms with E-state index < -0.39 is 0 Å². The number of aromatic hydroxyl groups is 2. The molecule has 0 spiro atoms. The minimum absolute atomic E-state index is 0.0738. The van der Waals surface area contributed by atoms with Crippen LogP contribution in [0.25, 0.3) is 0 Å². The van der Waals surface area contributed by atoms with Crippen LogP contribution in [0.2, 0.25) is 0 Å². The van der Waals surface area contributed by atoms with Crippen LogP contribution in [0, 0.1) is 5.82 Å². The number of nitrogens with one attached hydrogen (secondary N) is 1. The Morgan fingerprint density at radius 2 is 1.81 bits per heavy atom. The molecule has 0 bridgehead atoms. The molecule has 2 atom stereocenters. The van der Waals surface area contributed by atoms with E-state index in [4.69, 9.17) is 0 Å². The Labute approximate surface area is 122 Å². The summed E-state index contributed by atoms with van der Waals surface area (Å²) in [5, 5.41) is 23.0. The highest BCUT2D eigenvalue weighted by molar-refractivity contribution is 5.53. The van der Waals surface area contributed by atoms with Crippen LogP contribution in [0.3, 0.4) is 0 Å². The fourth-order valence-corrected chi connectivity index (χ4v) is 3.71. The van der Waals surface area contributed by atoms with E-state index in [1.807, 2.05) is 6.07 Å². The van der Waals surface area contributed by atoms with Gasteiger partial charge in [-0.1, -0.05) is 6.07 Å². The van der Waals surface area contributed by atoms with Crippen molar-refractivity contribution in [2.75, 3.05) is 0 Å². The topological polar surface area (TPSA) is 52.5 Å². The fourth-order valence-electron chi connectivity index (χ4n) is 3.71. The molecule has 3 N–H and O–H groups in total. The molecule has 1 aliphatic carbocycles. The van der Waals surface area contributed by atoms with Gasteiger partial charge in [0.15, 0.2) is 11.5 Å². The first-order chi connectivity index (χ1) is 10.1. The third-order valence-corrected chi connectivity index (χ3v) is 4.69. The molecule has 0 aromatic heterocycles. The Kier molecular flexibility index (Phi) is 2.69. The molecular formula is C17H16FNO2. The van der Waals surface area contributed by atoms with Gasteiger partial charge >= 0.3 is 0 Å². The van der Waals surface area contributed by atoms with Crippen molar-refractivity contribution >= 4 is 0 Å². The van der Waals surface area contributed by atoms with Crippen molar-refractivity contribution in [1.29, 1.82) is 0 Å². The zero-order valence-corrected chi connectivity index (χ0v) is 11.4. The van der Waals surface area contributed by atoms with E-state index in [1.54, 1.807) is 18.2 Å². The maximum absolute atomic E-state index is 13.4. The van der Waals surface area contributed by atoms with Gasteiger partial charge in [-0.25, -0.2) is 4.39 Å². The number of phenols is 2. The molecule has 1 aliphatic heterocycles. The third-order valence-electron chi connectivity index (χ3n) is 4.69. The molecule has 2 aliphatic rings. The van der Waals surface area contributed by atoms with E-state index in [-0.39, 0.29) is 23.2 Å². The molecule has 0 fully saturated rings. The number of fused-ring (bicyclic) bond motifs is 5. The molecule has 0 unspecified atom stereocenters. The first-order valence-electron chi connectivity index (χ1n) is 7.20. The molecule has 108 valence electrons. The number of hydrogen-bond donors (Lipinski definition) is 3. The highest BCUT2D eigenvalue weighted by Gasteiger charge is 2.35. The molecule has 3 nitrogen and oxygen atoms in total. The van der Waals surface area contributed by atoms with Gasteiger partial charge in [-0.05, 0) is 59.4 Å². The summed E-state index contributed by atoms with van der Waals surface area (Å²) in [5.41, 5.74) is 4.18. The number of hydrogen-bond acceptors (Lipinski definition) is 3. The fraction of sp³-hybridized carbons (Fsp3) is 0.294. The molecule has 0 saturated heterocycles. The highest BCUT2D eigenvalue weighted by atomic mass is 19.1. The van der Waals surface area contributed by atoms with Crippen LogP contribution in [0.4, 0.5) is 4.39 Å². The molecule has 2 aromatic rings. The lowest BCUT2D eigenvalue weighted by Crippen LogP contribution is -2.42. The second-order valence-electron chi connectivity index (χ2n) is 5.89. The van der Waals surface area contributed by atoms with Crippen molar-refractivity contribution in [3.63, 3.8) is 0 Å². The van der Waals surface area contributed by atoms with Gasteiger partial charge in [0.1, 0.15) is 5.82 Å². The summed E-state index contributed by atoms with van der Waals surface area (Å²) < 4.78 is 13.4. The second-order valence-corrected chi connectivity index (χ2v) is 5.89. The largest absolute Gasteiger partial charge is 0.504 e. The highest BCUT2D eigenvalue weighted by Crippen LogP contribution is 2.44. The smallest absolute Gasteiger partial charge is 0.157 e. The Hall–Kier alpha value is -2.07. The summed E-state index contributed by atoms with van der Waals surface area (Å²) in [6.07, 6.45) is 1.84. The van der Waals surface area contributed by atoms with Gasteiger partial charge in [0.05, 0.1) is 0 Å². The molecular weight excluding hydrogens is 269 g/mol. The number of aryl methyl sites for hydroxylation is 1. The van der Waals surface area contributed by atoms with Crippen LogP contribution in [0.1, 0.15) is 34.6 Å². The lowest BCUT2D eigenvalue weighted by Gasteiger charge is -2.39. The Morgan fingerprint density at radius 3 is 2.67 bits per heavy atom. The van der Waals surface area contributed by atoms with Crippen molar-refractivity contribution in [2.24, 2.45) is 0 Å². The van der Waals surface area contributed by atoms with Gasteiger partial charge in [0, 0.05) is 18.5 Å². The van der Waals surface area contributed by atoms with Crippen molar-refractivity contribution in [3.05, 3.63) is 58.4 Å². The quantitative estimate of drug-likeness (QED) is 0.652. The lowest BCUT2D eigenvalue weighted by atomic mass is 9.72. The second kappa shape index (κ2) is 4.46. The molecule has 4 rings (SSSR count). The van der Waals surface area contributed by atoms with Crippen molar-refractivity contribution in [3.8, 4) is 11.5 Å². The van der Waals surface area contributed by atoms with Gasteiger partial charge in [0.25, 0.3) is 0 Å². The molecule has 1 heterocycles. The van der Waals surface area contributed by atoms with Crippen LogP contribution in [-0.4, -0.2) is 16.3 Å². The van der Waals surface area contributed by atoms with Crippen LogP contribution < -0.4 is 5.32 Å². The summed E-state index contributed by atoms with van der Waals surface area (Å²) in [4.78, 5) is 0. The van der Waals surface area contributed by atoms with Crippen LogP contribution in [0.5, 0.6) is 11.5 Å². The van der Waals surface area contributed by atoms with E-state index in [2.05, 4.69) is 5.32 Å². The molecule has 0 saturated carbocycles. The van der Waals surface area contributed by atoms with E-state index in [9.17, 15) is 14.6 Å². The van der Waals surface area contributed by atoms with Crippen molar-refractivity contribution in [1.82, 2.24) is 5.32 Å².